The van der Waals surface area contributed by atoms with Crippen molar-refractivity contribution in [3.63, 3.8) is 0 Å². The van der Waals surface area contributed by atoms with Crippen LogP contribution in [-0.4, -0.2) is 17.5 Å². The number of hydrogen-bond acceptors (Lipinski definition) is 4. The zero-order valence-corrected chi connectivity index (χ0v) is 15.7. The Balaban J connectivity index is 1.63. The molecule has 3 rings (SSSR count). The standard InChI is InChI=1S/C19H19ClN2O2S/c1-12(2)9-10-24-15-6-3-13(4-7-15)18(23)22-19-21-16-8-5-14(20)11-17(16)25-19/h3-8,11-12H,9-10H2,1-2H3,(H,21,22,23). The Labute approximate surface area is 155 Å². The zero-order chi connectivity index (χ0) is 17.8. The van der Waals surface area contributed by atoms with Crippen molar-refractivity contribution in [2.45, 2.75) is 20.3 Å². The molecule has 130 valence electrons. The van der Waals surface area contributed by atoms with Gasteiger partial charge in [-0.15, -0.1) is 0 Å². The van der Waals surface area contributed by atoms with Gasteiger partial charge in [0.05, 0.1) is 16.8 Å². The van der Waals surface area contributed by atoms with E-state index in [0.717, 1.165) is 22.4 Å². The fourth-order valence-corrected chi connectivity index (χ4v) is 3.37. The van der Waals surface area contributed by atoms with E-state index >= 15 is 0 Å². The van der Waals surface area contributed by atoms with Gasteiger partial charge in [0.2, 0.25) is 0 Å². The number of rotatable bonds is 6. The molecule has 0 unspecified atom stereocenters. The summed E-state index contributed by atoms with van der Waals surface area (Å²) < 4.78 is 6.61. The van der Waals surface area contributed by atoms with Crippen molar-refractivity contribution in [2.75, 3.05) is 11.9 Å². The molecule has 4 nitrogen and oxygen atoms in total. The van der Waals surface area contributed by atoms with Gasteiger partial charge in [-0.25, -0.2) is 4.98 Å². The molecule has 6 heteroatoms. The van der Waals surface area contributed by atoms with E-state index in [-0.39, 0.29) is 5.91 Å². The van der Waals surface area contributed by atoms with Gasteiger partial charge in [-0.2, -0.15) is 0 Å². The van der Waals surface area contributed by atoms with E-state index in [1.807, 2.05) is 24.3 Å². The first-order chi connectivity index (χ1) is 12.0. The maximum Gasteiger partial charge on any atom is 0.257 e. The summed E-state index contributed by atoms with van der Waals surface area (Å²) in [5.41, 5.74) is 1.38. The number of carbonyl (C=O) groups is 1. The van der Waals surface area contributed by atoms with Crippen LogP contribution < -0.4 is 10.1 Å². The molecule has 0 atom stereocenters. The molecule has 0 aliphatic heterocycles. The molecule has 0 aliphatic rings. The van der Waals surface area contributed by atoms with E-state index in [1.165, 1.54) is 11.3 Å². The molecule has 2 aromatic carbocycles. The van der Waals surface area contributed by atoms with Crippen LogP contribution in [0.3, 0.4) is 0 Å². The number of amides is 1. The minimum atomic E-state index is -0.195. The SMILES string of the molecule is CC(C)CCOc1ccc(C(=O)Nc2nc3ccc(Cl)cc3s2)cc1. The molecule has 1 aromatic heterocycles. The maximum absolute atomic E-state index is 12.4. The van der Waals surface area contributed by atoms with Gasteiger partial charge in [0.25, 0.3) is 5.91 Å². The number of aromatic nitrogens is 1. The molecular formula is C19H19ClN2O2S. The van der Waals surface area contributed by atoms with Crippen LogP contribution in [0, 0.1) is 5.92 Å². The third-order valence-electron chi connectivity index (χ3n) is 3.65. The number of fused-ring (bicyclic) bond motifs is 1. The molecule has 25 heavy (non-hydrogen) atoms. The Hall–Kier alpha value is -2.11. The molecular weight excluding hydrogens is 356 g/mol. The lowest BCUT2D eigenvalue weighted by Gasteiger charge is -2.08. The highest BCUT2D eigenvalue weighted by atomic mass is 35.5. The van der Waals surface area contributed by atoms with Crippen LogP contribution in [0.4, 0.5) is 5.13 Å². The van der Waals surface area contributed by atoms with E-state index in [4.69, 9.17) is 16.3 Å². The Morgan fingerprint density at radius 1 is 1.24 bits per heavy atom. The third-order valence-corrected chi connectivity index (χ3v) is 4.82. The predicted molar refractivity (Wildman–Crippen MR) is 104 cm³/mol. The lowest BCUT2D eigenvalue weighted by molar-refractivity contribution is 0.102. The minimum Gasteiger partial charge on any atom is -0.494 e. The van der Waals surface area contributed by atoms with Crippen LogP contribution in [-0.2, 0) is 0 Å². The highest BCUT2D eigenvalue weighted by Gasteiger charge is 2.10. The summed E-state index contributed by atoms with van der Waals surface area (Å²) in [5, 5.41) is 4.04. The summed E-state index contributed by atoms with van der Waals surface area (Å²) in [6.07, 6.45) is 1.00. The Bertz CT molecular complexity index is 875. The van der Waals surface area contributed by atoms with Crippen molar-refractivity contribution < 1.29 is 9.53 Å². The monoisotopic (exact) mass is 374 g/mol. The number of halogens is 1. The van der Waals surface area contributed by atoms with E-state index in [0.29, 0.717) is 28.2 Å². The topological polar surface area (TPSA) is 51.2 Å². The molecule has 0 bridgehead atoms. The van der Waals surface area contributed by atoms with Crippen LogP contribution in [0.25, 0.3) is 10.2 Å². The number of thiazole rings is 1. The number of nitrogens with one attached hydrogen (secondary N) is 1. The van der Waals surface area contributed by atoms with Gasteiger partial charge in [0.1, 0.15) is 5.75 Å². The van der Waals surface area contributed by atoms with E-state index in [9.17, 15) is 4.79 Å². The fourth-order valence-electron chi connectivity index (χ4n) is 2.24. The van der Waals surface area contributed by atoms with Crippen LogP contribution in [0.15, 0.2) is 42.5 Å². The van der Waals surface area contributed by atoms with Crippen molar-refractivity contribution >= 4 is 44.2 Å². The lowest BCUT2D eigenvalue weighted by Crippen LogP contribution is -2.11. The van der Waals surface area contributed by atoms with Crippen molar-refractivity contribution in [1.82, 2.24) is 4.98 Å². The molecule has 0 saturated carbocycles. The fraction of sp³-hybridized carbons (Fsp3) is 0.263. The Kier molecular flexibility index (Phi) is 5.56. The number of hydrogen-bond donors (Lipinski definition) is 1. The highest BCUT2D eigenvalue weighted by molar-refractivity contribution is 7.22. The van der Waals surface area contributed by atoms with Gasteiger partial charge in [-0.1, -0.05) is 36.8 Å². The van der Waals surface area contributed by atoms with E-state index in [1.54, 1.807) is 18.2 Å². The number of anilines is 1. The molecule has 0 fully saturated rings. The molecule has 0 radical (unpaired) electrons. The summed E-state index contributed by atoms with van der Waals surface area (Å²) >= 11 is 7.38. The van der Waals surface area contributed by atoms with Gasteiger partial charge >= 0.3 is 0 Å². The summed E-state index contributed by atoms with van der Waals surface area (Å²) in [6, 6.07) is 12.6. The summed E-state index contributed by atoms with van der Waals surface area (Å²) in [7, 11) is 0. The largest absolute Gasteiger partial charge is 0.494 e. The first-order valence-electron chi connectivity index (χ1n) is 8.11. The van der Waals surface area contributed by atoms with Crippen LogP contribution in [0.1, 0.15) is 30.6 Å². The van der Waals surface area contributed by atoms with Gasteiger partial charge in [-0.05, 0) is 54.8 Å². The van der Waals surface area contributed by atoms with Crippen molar-refractivity contribution in [1.29, 1.82) is 0 Å². The van der Waals surface area contributed by atoms with E-state index < -0.39 is 0 Å². The van der Waals surface area contributed by atoms with Gasteiger partial charge in [-0.3, -0.25) is 10.1 Å². The minimum absolute atomic E-state index is 0.195. The van der Waals surface area contributed by atoms with Crippen LogP contribution in [0.5, 0.6) is 5.75 Å². The maximum atomic E-state index is 12.4. The first kappa shape index (κ1) is 17.7. The van der Waals surface area contributed by atoms with Crippen molar-refractivity contribution in [2.24, 2.45) is 5.92 Å². The molecule has 1 N–H and O–H groups in total. The average Bonchev–Trinajstić information content (AvgIpc) is 2.96. The second-order valence-corrected chi connectivity index (χ2v) is 7.61. The first-order valence-corrected chi connectivity index (χ1v) is 9.31. The summed E-state index contributed by atoms with van der Waals surface area (Å²) in [5.74, 6) is 1.18. The predicted octanol–water partition coefficient (Wildman–Crippen LogP) is 5.63. The second kappa shape index (κ2) is 7.85. The molecule has 3 aromatic rings. The molecule has 1 heterocycles. The van der Waals surface area contributed by atoms with Crippen molar-refractivity contribution in [3.05, 3.63) is 53.1 Å². The van der Waals surface area contributed by atoms with Gasteiger partial charge < -0.3 is 4.74 Å². The van der Waals surface area contributed by atoms with Crippen LogP contribution in [0.2, 0.25) is 5.02 Å². The molecule has 0 aliphatic carbocycles. The summed E-state index contributed by atoms with van der Waals surface area (Å²) in [6.45, 7) is 5.00. The summed E-state index contributed by atoms with van der Waals surface area (Å²) in [4.78, 5) is 16.8. The average molecular weight is 375 g/mol. The molecule has 1 amide bonds. The van der Waals surface area contributed by atoms with Gasteiger partial charge in [0, 0.05) is 10.6 Å². The molecule has 0 spiro atoms. The Morgan fingerprint density at radius 3 is 2.72 bits per heavy atom. The third kappa shape index (κ3) is 4.71. The Morgan fingerprint density at radius 2 is 2.00 bits per heavy atom. The lowest BCUT2D eigenvalue weighted by atomic mass is 10.1. The zero-order valence-electron chi connectivity index (χ0n) is 14.1. The van der Waals surface area contributed by atoms with Crippen molar-refractivity contribution in [3.8, 4) is 5.75 Å². The number of nitrogens with zero attached hydrogens (tertiary/aromatic N) is 1. The molecule has 0 saturated heterocycles. The smallest absolute Gasteiger partial charge is 0.257 e. The number of ether oxygens (including phenoxy) is 1. The van der Waals surface area contributed by atoms with Gasteiger partial charge in [0.15, 0.2) is 5.13 Å². The quantitative estimate of drug-likeness (QED) is 0.608. The van der Waals surface area contributed by atoms with E-state index in [2.05, 4.69) is 24.1 Å². The number of benzene rings is 2. The number of carbonyl (C=O) groups excluding carboxylic acids is 1. The highest BCUT2D eigenvalue weighted by Crippen LogP contribution is 2.28. The normalized spacial score (nSPS) is 11.0. The van der Waals surface area contributed by atoms with Crippen LogP contribution >= 0.6 is 22.9 Å². The second-order valence-electron chi connectivity index (χ2n) is 6.14.